The molecule has 1 aliphatic carbocycles. The summed E-state index contributed by atoms with van der Waals surface area (Å²) in [6.07, 6.45) is 5.39. The average molecular weight is 247 g/mol. The van der Waals surface area contributed by atoms with E-state index in [1.807, 2.05) is 27.7 Å². The fraction of sp³-hybridized carbons (Fsp3) is 0.647. The lowest BCUT2D eigenvalue weighted by Gasteiger charge is -2.19. The van der Waals surface area contributed by atoms with Crippen molar-refractivity contribution < 1.29 is 0 Å². The van der Waals surface area contributed by atoms with Gasteiger partial charge >= 0.3 is 0 Å². The van der Waals surface area contributed by atoms with Gasteiger partial charge in [0.15, 0.2) is 0 Å². The Morgan fingerprint density at radius 2 is 1.72 bits per heavy atom. The van der Waals surface area contributed by atoms with Crippen LogP contribution in [0.15, 0.2) is 24.3 Å². The predicted molar refractivity (Wildman–Crippen MR) is 81.2 cm³/mol. The number of benzene rings is 1. The molecule has 1 fully saturated rings. The van der Waals surface area contributed by atoms with Gasteiger partial charge in [-0.05, 0) is 49.3 Å². The summed E-state index contributed by atoms with van der Waals surface area (Å²) in [5.74, 6) is 0.800. The Hall–Kier alpha value is -0.820. The van der Waals surface area contributed by atoms with Crippen LogP contribution in [0.2, 0.25) is 0 Å². The summed E-state index contributed by atoms with van der Waals surface area (Å²) >= 11 is 0. The first-order chi connectivity index (χ1) is 8.95. The van der Waals surface area contributed by atoms with Crippen molar-refractivity contribution in [2.75, 3.05) is 6.54 Å². The lowest BCUT2D eigenvalue weighted by Crippen LogP contribution is -2.27. The highest BCUT2D eigenvalue weighted by atomic mass is 14.9. The van der Waals surface area contributed by atoms with Crippen LogP contribution in [0.4, 0.5) is 0 Å². The van der Waals surface area contributed by atoms with Gasteiger partial charge in [0.2, 0.25) is 0 Å². The summed E-state index contributed by atoms with van der Waals surface area (Å²) in [4.78, 5) is 0. The van der Waals surface area contributed by atoms with E-state index in [9.17, 15) is 0 Å². The smallest absolute Gasteiger partial charge is 0.0136 e. The van der Waals surface area contributed by atoms with Crippen molar-refractivity contribution in [3.63, 3.8) is 0 Å². The molecule has 1 aliphatic heterocycles. The van der Waals surface area contributed by atoms with Crippen LogP contribution in [0.3, 0.4) is 0 Å². The Balaban J connectivity index is 0.000000371. The number of nitrogens with one attached hydrogen (secondary N) is 1. The third-order valence-corrected chi connectivity index (χ3v) is 3.76. The molecule has 1 heterocycles. The summed E-state index contributed by atoms with van der Waals surface area (Å²) in [6.45, 7) is 9.23. The molecule has 3 rings (SSSR count). The van der Waals surface area contributed by atoms with E-state index in [0.717, 1.165) is 12.0 Å². The molecular formula is C17H29N. The van der Waals surface area contributed by atoms with Gasteiger partial charge in [0.1, 0.15) is 0 Å². The second kappa shape index (κ2) is 8.31. The molecule has 0 aromatic heterocycles. The maximum absolute atomic E-state index is 3.64. The van der Waals surface area contributed by atoms with Crippen molar-refractivity contribution in [1.82, 2.24) is 5.32 Å². The minimum absolute atomic E-state index is 0.763. The Morgan fingerprint density at radius 1 is 1.00 bits per heavy atom. The van der Waals surface area contributed by atoms with Crippen LogP contribution in [0.25, 0.3) is 0 Å². The molecule has 0 radical (unpaired) electrons. The monoisotopic (exact) mass is 247 g/mol. The first-order valence-electron chi connectivity index (χ1n) is 7.76. The van der Waals surface area contributed by atoms with Gasteiger partial charge in [-0.1, -0.05) is 52.0 Å². The maximum atomic E-state index is 3.64. The molecule has 0 amide bonds. The van der Waals surface area contributed by atoms with Crippen molar-refractivity contribution in [3.05, 3.63) is 35.4 Å². The zero-order valence-corrected chi connectivity index (χ0v) is 12.5. The fourth-order valence-electron chi connectivity index (χ4n) is 3.06. The van der Waals surface area contributed by atoms with Crippen molar-refractivity contribution in [3.8, 4) is 0 Å². The first-order valence-corrected chi connectivity index (χ1v) is 7.76. The number of rotatable bonds is 1. The van der Waals surface area contributed by atoms with Crippen LogP contribution in [-0.4, -0.2) is 12.6 Å². The van der Waals surface area contributed by atoms with Gasteiger partial charge in [0.05, 0.1) is 0 Å². The van der Waals surface area contributed by atoms with Gasteiger partial charge in [-0.3, -0.25) is 0 Å². The highest BCUT2D eigenvalue weighted by Gasteiger charge is 2.30. The van der Waals surface area contributed by atoms with Crippen molar-refractivity contribution in [1.29, 1.82) is 0 Å². The number of hydrogen-bond donors (Lipinski definition) is 1. The lowest BCUT2D eigenvalue weighted by molar-refractivity contribution is 0.486. The normalized spacial score (nSPS) is 24.4. The van der Waals surface area contributed by atoms with Crippen LogP contribution in [0.5, 0.6) is 0 Å². The summed E-state index contributed by atoms with van der Waals surface area (Å²) < 4.78 is 0. The number of fused-ring (bicyclic) bond motifs is 1. The van der Waals surface area contributed by atoms with E-state index in [-0.39, 0.29) is 0 Å². The molecule has 2 atom stereocenters. The molecule has 0 saturated carbocycles. The van der Waals surface area contributed by atoms with Gasteiger partial charge in [0, 0.05) is 6.04 Å². The van der Waals surface area contributed by atoms with E-state index in [0.29, 0.717) is 0 Å². The van der Waals surface area contributed by atoms with E-state index < -0.39 is 0 Å². The topological polar surface area (TPSA) is 12.0 Å². The van der Waals surface area contributed by atoms with Gasteiger partial charge in [-0.25, -0.2) is 0 Å². The highest BCUT2D eigenvalue weighted by molar-refractivity contribution is 5.36. The lowest BCUT2D eigenvalue weighted by atomic mass is 9.92. The van der Waals surface area contributed by atoms with Crippen molar-refractivity contribution in [2.24, 2.45) is 0 Å². The molecular weight excluding hydrogens is 218 g/mol. The zero-order chi connectivity index (χ0) is 13.4. The Morgan fingerprint density at radius 3 is 2.39 bits per heavy atom. The maximum Gasteiger partial charge on any atom is 0.0136 e. The molecule has 1 aromatic rings. The van der Waals surface area contributed by atoms with Gasteiger partial charge in [0.25, 0.3) is 0 Å². The molecule has 0 bridgehead atoms. The molecule has 1 aromatic carbocycles. The van der Waals surface area contributed by atoms with E-state index in [4.69, 9.17) is 0 Å². The molecule has 0 spiro atoms. The van der Waals surface area contributed by atoms with Crippen LogP contribution < -0.4 is 5.32 Å². The largest absolute Gasteiger partial charge is 0.313 e. The zero-order valence-electron chi connectivity index (χ0n) is 12.5. The SMILES string of the molecule is CC.CC.c1ccc2c(c1)CCC2C1CCCN1. The summed E-state index contributed by atoms with van der Waals surface area (Å²) in [5, 5.41) is 3.64. The van der Waals surface area contributed by atoms with Gasteiger partial charge in [-0.15, -0.1) is 0 Å². The number of hydrogen-bond acceptors (Lipinski definition) is 1. The minimum Gasteiger partial charge on any atom is -0.313 e. The van der Waals surface area contributed by atoms with Crippen molar-refractivity contribution >= 4 is 0 Å². The van der Waals surface area contributed by atoms with Crippen molar-refractivity contribution in [2.45, 2.75) is 65.3 Å². The molecule has 1 nitrogen and oxygen atoms in total. The Labute approximate surface area is 113 Å². The number of aryl methyl sites for hydroxylation is 1. The third kappa shape index (κ3) is 3.35. The molecule has 102 valence electrons. The molecule has 1 saturated heterocycles. The van der Waals surface area contributed by atoms with Gasteiger partial charge in [-0.2, -0.15) is 0 Å². The standard InChI is InChI=1S/C13H17N.2C2H6/c1-2-5-11-10(4-1)7-8-12(11)13-6-3-9-14-13;2*1-2/h1-2,4-5,12-14H,3,6-9H2;2*1-2H3. The third-order valence-electron chi connectivity index (χ3n) is 3.76. The van der Waals surface area contributed by atoms with E-state index in [1.165, 1.54) is 32.2 Å². The van der Waals surface area contributed by atoms with E-state index >= 15 is 0 Å². The fourth-order valence-corrected chi connectivity index (χ4v) is 3.06. The molecule has 18 heavy (non-hydrogen) atoms. The molecule has 1 heteroatoms. The van der Waals surface area contributed by atoms with Crippen LogP contribution in [0, 0.1) is 0 Å². The van der Waals surface area contributed by atoms with Gasteiger partial charge < -0.3 is 5.32 Å². The first kappa shape index (κ1) is 15.2. The second-order valence-electron chi connectivity index (χ2n) is 4.55. The Bertz CT molecular complexity index is 326. The van der Waals surface area contributed by atoms with Crippen LogP contribution in [-0.2, 0) is 6.42 Å². The van der Waals surface area contributed by atoms with E-state index in [1.54, 1.807) is 11.1 Å². The molecule has 1 N–H and O–H groups in total. The minimum atomic E-state index is 0.763. The summed E-state index contributed by atoms with van der Waals surface area (Å²) in [7, 11) is 0. The van der Waals surface area contributed by atoms with Crippen LogP contribution in [0.1, 0.15) is 64.0 Å². The second-order valence-corrected chi connectivity index (χ2v) is 4.55. The average Bonchev–Trinajstić information content (AvgIpc) is 3.12. The quantitative estimate of drug-likeness (QED) is 0.769. The summed E-state index contributed by atoms with van der Waals surface area (Å²) in [5.41, 5.74) is 3.21. The summed E-state index contributed by atoms with van der Waals surface area (Å²) in [6, 6.07) is 9.74. The predicted octanol–water partition coefficient (Wildman–Crippen LogP) is 4.52. The molecule has 2 unspecified atom stereocenters. The highest BCUT2D eigenvalue weighted by Crippen LogP contribution is 2.37. The Kier molecular flexibility index (Phi) is 7.04. The van der Waals surface area contributed by atoms with E-state index in [2.05, 4.69) is 29.6 Å². The molecule has 2 aliphatic rings. The van der Waals surface area contributed by atoms with Crippen LogP contribution >= 0.6 is 0 Å².